The molecule has 0 amide bonds. The Kier molecular flexibility index (Phi) is 4.33. The molecule has 4 nitrogen and oxygen atoms in total. The van der Waals surface area contributed by atoms with Crippen molar-refractivity contribution >= 4 is 33.0 Å². The van der Waals surface area contributed by atoms with E-state index in [0.29, 0.717) is 29.8 Å². The number of thiophene rings is 1. The van der Waals surface area contributed by atoms with Gasteiger partial charge >= 0.3 is 0 Å². The summed E-state index contributed by atoms with van der Waals surface area (Å²) < 4.78 is 32.1. The molecule has 0 bridgehead atoms. The van der Waals surface area contributed by atoms with E-state index < -0.39 is 10.0 Å². The van der Waals surface area contributed by atoms with Gasteiger partial charge in [-0.25, -0.2) is 8.42 Å². The summed E-state index contributed by atoms with van der Waals surface area (Å²) >= 11 is 7.05. The van der Waals surface area contributed by atoms with E-state index in [1.165, 1.54) is 15.6 Å². The molecule has 0 N–H and O–H groups in total. The zero-order valence-electron chi connectivity index (χ0n) is 10.3. The number of halogens is 1. The molecule has 1 aromatic heterocycles. The molecular formula is C11H16ClNO3S2. The maximum absolute atomic E-state index is 12.5. The molecule has 0 radical (unpaired) electrons. The number of sulfonamides is 1. The van der Waals surface area contributed by atoms with Crippen molar-refractivity contribution in [3.05, 3.63) is 16.5 Å². The predicted molar refractivity (Wildman–Crippen MR) is 72.8 cm³/mol. The van der Waals surface area contributed by atoms with Gasteiger partial charge in [0.05, 0.1) is 18.6 Å². The van der Waals surface area contributed by atoms with Gasteiger partial charge in [-0.15, -0.1) is 22.9 Å². The highest BCUT2D eigenvalue weighted by atomic mass is 35.5. The first-order valence-corrected chi connectivity index (χ1v) is 8.51. The van der Waals surface area contributed by atoms with E-state index in [4.69, 9.17) is 16.3 Å². The standard InChI is InChI=1S/C11H16ClNO3S2/c1-8-5-11(17-10(8)6-12)18(14,15)13-3-4-16-9(2)7-13/h5,9H,3-4,6-7H2,1-2H3. The molecule has 2 rings (SSSR count). The Balaban J connectivity index is 2.29. The van der Waals surface area contributed by atoms with Gasteiger partial charge < -0.3 is 4.74 Å². The second-order valence-corrected chi connectivity index (χ2v) is 7.92. The zero-order chi connectivity index (χ0) is 13.3. The largest absolute Gasteiger partial charge is 0.376 e. The minimum atomic E-state index is -3.39. The van der Waals surface area contributed by atoms with Gasteiger partial charge in [-0.05, 0) is 25.5 Å². The van der Waals surface area contributed by atoms with Crippen LogP contribution in [-0.4, -0.2) is 38.5 Å². The average Bonchev–Trinajstić information content (AvgIpc) is 2.71. The van der Waals surface area contributed by atoms with E-state index in [1.54, 1.807) is 6.07 Å². The third kappa shape index (κ3) is 2.72. The Labute approximate surface area is 117 Å². The molecule has 1 atom stereocenters. The van der Waals surface area contributed by atoms with Crippen molar-refractivity contribution in [1.82, 2.24) is 4.31 Å². The van der Waals surface area contributed by atoms with E-state index in [0.717, 1.165) is 10.4 Å². The van der Waals surface area contributed by atoms with Crippen LogP contribution in [0.15, 0.2) is 10.3 Å². The monoisotopic (exact) mass is 309 g/mol. The van der Waals surface area contributed by atoms with Gasteiger partial charge in [-0.3, -0.25) is 0 Å². The molecular weight excluding hydrogens is 294 g/mol. The number of hydrogen-bond acceptors (Lipinski definition) is 4. The van der Waals surface area contributed by atoms with Crippen LogP contribution < -0.4 is 0 Å². The Morgan fingerprint density at radius 1 is 1.61 bits per heavy atom. The van der Waals surface area contributed by atoms with Crippen LogP contribution in [0.1, 0.15) is 17.4 Å². The fourth-order valence-corrected chi connectivity index (χ4v) is 5.35. The second-order valence-electron chi connectivity index (χ2n) is 4.35. The molecule has 18 heavy (non-hydrogen) atoms. The van der Waals surface area contributed by atoms with Gasteiger partial charge in [0.2, 0.25) is 0 Å². The molecule has 1 aromatic rings. The number of rotatable bonds is 3. The lowest BCUT2D eigenvalue weighted by Gasteiger charge is -2.29. The van der Waals surface area contributed by atoms with E-state index in [-0.39, 0.29) is 6.10 Å². The van der Waals surface area contributed by atoms with Crippen LogP contribution in [0, 0.1) is 6.92 Å². The molecule has 0 spiro atoms. The first-order chi connectivity index (χ1) is 8.45. The van der Waals surface area contributed by atoms with Crippen molar-refractivity contribution in [1.29, 1.82) is 0 Å². The molecule has 1 saturated heterocycles. The van der Waals surface area contributed by atoms with Crippen molar-refractivity contribution in [2.75, 3.05) is 19.7 Å². The van der Waals surface area contributed by atoms with Crippen LogP contribution in [0.4, 0.5) is 0 Å². The number of hydrogen-bond donors (Lipinski definition) is 0. The number of ether oxygens (including phenoxy) is 1. The van der Waals surface area contributed by atoms with Crippen molar-refractivity contribution in [3.8, 4) is 0 Å². The fraction of sp³-hybridized carbons (Fsp3) is 0.636. The van der Waals surface area contributed by atoms with Crippen molar-refractivity contribution in [3.63, 3.8) is 0 Å². The minimum absolute atomic E-state index is 0.0536. The summed E-state index contributed by atoms with van der Waals surface area (Å²) in [6, 6.07) is 1.71. The summed E-state index contributed by atoms with van der Waals surface area (Å²) in [6.45, 7) is 5.04. The predicted octanol–water partition coefficient (Wildman–Crippen LogP) is 2.20. The van der Waals surface area contributed by atoms with Gasteiger partial charge in [0.15, 0.2) is 0 Å². The minimum Gasteiger partial charge on any atom is -0.376 e. The van der Waals surface area contributed by atoms with Crippen LogP contribution in [0.3, 0.4) is 0 Å². The van der Waals surface area contributed by atoms with E-state index in [2.05, 4.69) is 0 Å². The summed E-state index contributed by atoms with van der Waals surface area (Å²) in [5, 5.41) is 0. The van der Waals surface area contributed by atoms with Gasteiger partial charge in [0.25, 0.3) is 10.0 Å². The smallest absolute Gasteiger partial charge is 0.252 e. The number of aryl methyl sites for hydroxylation is 1. The molecule has 1 aliphatic heterocycles. The average molecular weight is 310 g/mol. The number of morpholine rings is 1. The molecule has 0 saturated carbocycles. The number of nitrogens with zero attached hydrogens (tertiary/aromatic N) is 1. The fourth-order valence-electron chi connectivity index (χ4n) is 1.88. The Morgan fingerprint density at radius 3 is 2.89 bits per heavy atom. The van der Waals surface area contributed by atoms with Crippen LogP contribution in [0.25, 0.3) is 0 Å². The van der Waals surface area contributed by atoms with Crippen molar-refractivity contribution in [2.24, 2.45) is 0 Å². The second kappa shape index (κ2) is 5.46. The first kappa shape index (κ1) is 14.3. The molecule has 2 heterocycles. The summed E-state index contributed by atoms with van der Waals surface area (Å²) in [7, 11) is -3.39. The van der Waals surface area contributed by atoms with Crippen LogP contribution >= 0.6 is 22.9 Å². The molecule has 102 valence electrons. The lowest BCUT2D eigenvalue weighted by molar-refractivity contribution is 0.0102. The maximum Gasteiger partial charge on any atom is 0.252 e. The van der Waals surface area contributed by atoms with Gasteiger partial charge in [-0.1, -0.05) is 0 Å². The molecule has 1 fully saturated rings. The molecule has 1 aliphatic rings. The SMILES string of the molecule is Cc1cc(S(=O)(=O)N2CCOC(C)C2)sc1CCl. The summed E-state index contributed by atoms with van der Waals surface area (Å²) in [6.07, 6.45) is -0.0536. The lowest BCUT2D eigenvalue weighted by atomic mass is 10.3. The quantitative estimate of drug-likeness (QED) is 0.804. The van der Waals surface area contributed by atoms with Crippen LogP contribution in [0.2, 0.25) is 0 Å². The highest BCUT2D eigenvalue weighted by Gasteiger charge is 2.30. The van der Waals surface area contributed by atoms with Crippen LogP contribution in [-0.2, 0) is 20.6 Å². The van der Waals surface area contributed by atoms with E-state index in [1.807, 2.05) is 13.8 Å². The Bertz CT molecular complexity index is 526. The van der Waals surface area contributed by atoms with Crippen molar-refractivity contribution < 1.29 is 13.2 Å². The third-order valence-electron chi connectivity index (χ3n) is 2.92. The molecule has 0 aromatic carbocycles. The molecule has 0 aliphatic carbocycles. The Hall–Kier alpha value is -0.140. The highest BCUT2D eigenvalue weighted by molar-refractivity contribution is 7.91. The van der Waals surface area contributed by atoms with Gasteiger partial charge in [0.1, 0.15) is 4.21 Å². The normalized spacial score (nSPS) is 22.3. The topological polar surface area (TPSA) is 46.6 Å². The van der Waals surface area contributed by atoms with Gasteiger partial charge in [0, 0.05) is 18.0 Å². The van der Waals surface area contributed by atoms with E-state index >= 15 is 0 Å². The Morgan fingerprint density at radius 2 is 2.33 bits per heavy atom. The van der Waals surface area contributed by atoms with Gasteiger partial charge in [-0.2, -0.15) is 4.31 Å². The van der Waals surface area contributed by atoms with Crippen molar-refractivity contribution in [2.45, 2.75) is 30.0 Å². The number of alkyl halides is 1. The molecule has 7 heteroatoms. The highest BCUT2D eigenvalue weighted by Crippen LogP contribution is 2.30. The first-order valence-electron chi connectivity index (χ1n) is 5.72. The summed E-state index contributed by atoms with van der Waals surface area (Å²) in [4.78, 5) is 0.913. The van der Waals surface area contributed by atoms with Crippen LogP contribution in [0.5, 0.6) is 0 Å². The zero-order valence-corrected chi connectivity index (χ0v) is 12.7. The lowest BCUT2D eigenvalue weighted by Crippen LogP contribution is -2.44. The molecule has 1 unspecified atom stereocenters. The van der Waals surface area contributed by atoms with E-state index in [9.17, 15) is 8.42 Å². The summed E-state index contributed by atoms with van der Waals surface area (Å²) in [5.41, 5.74) is 0.940. The third-order valence-corrected chi connectivity index (χ3v) is 6.89. The maximum atomic E-state index is 12.5. The summed E-state index contributed by atoms with van der Waals surface area (Å²) in [5.74, 6) is 0.353.